The molecule has 0 aromatic rings. The number of rotatable bonds is 6. The second kappa shape index (κ2) is 5.96. The molecule has 106 valence electrons. The first-order chi connectivity index (χ1) is 9.34. The van der Waals surface area contributed by atoms with Gasteiger partial charge in [0, 0.05) is 16.9 Å². The van der Waals surface area contributed by atoms with Gasteiger partial charge in [0.25, 0.3) is 5.78 Å². The van der Waals surface area contributed by atoms with Gasteiger partial charge in [0.2, 0.25) is 5.91 Å². The van der Waals surface area contributed by atoms with Crippen molar-refractivity contribution in [3.8, 4) is 0 Å². The van der Waals surface area contributed by atoms with Gasteiger partial charge in [0.1, 0.15) is 0 Å². The highest BCUT2D eigenvalue weighted by molar-refractivity contribution is 6.62. The van der Waals surface area contributed by atoms with Gasteiger partial charge in [-0.05, 0) is 5.53 Å². The number of hydrogen-bond acceptors (Lipinski definition) is 4. The molecule has 1 amide bonds. The van der Waals surface area contributed by atoms with E-state index >= 15 is 0 Å². The van der Waals surface area contributed by atoms with E-state index in [4.69, 9.17) is 16.2 Å². The highest BCUT2D eigenvalue weighted by Gasteiger charge is 2.49. The zero-order chi connectivity index (χ0) is 15.4. The minimum absolute atomic E-state index is 0.382. The minimum atomic E-state index is -1.66. The SMILES string of the molecule is C[C@@H](N=[N+]=[N-])C1C(=O)NC1[C@@H](C)C(=O)C(=[N+]=[N-])C(=O)O. The number of β-lactam (4-membered cyclic amide) rings is 1. The van der Waals surface area contributed by atoms with Crippen LogP contribution in [0.2, 0.25) is 0 Å². The van der Waals surface area contributed by atoms with Crippen LogP contribution in [0, 0.1) is 11.8 Å². The molecule has 1 heterocycles. The predicted molar refractivity (Wildman–Crippen MR) is 64.5 cm³/mol. The molecule has 10 heteroatoms. The Balaban J connectivity index is 2.93. The van der Waals surface area contributed by atoms with Crippen LogP contribution in [0.1, 0.15) is 13.8 Å². The smallest absolute Gasteiger partial charge is 0.441 e. The van der Waals surface area contributed by atoms with Crippen molar-refractivity contribution in [1.29, 1.82) is 0 Å². The van der Waals surface area contributed by atoms with E-state index in [9.17, 15) is 14.4 Å². The van der Waals surface area contributed by atoms with Crippen LogP contribution in [0.25, 0.3) is 16.0 Å². The van der Waals surface area contributed by atoms with Gasteiger partial charge in [-0.25, -0.2) is 4.79 Å². The van der Waals surface area contributed by atoms with Crippen molar-refractivity contribution in [2.75, 3.05) is 0 Å². The quantitative estimate of drug-likeness (QED) is 0.171. The Kier molecular flexibility index (Phi) is 4.58. The fourth-order valence-corrected chi connectivity index (χ4v) is 2.10. The number of nitrogens with one attached hydrogen (secondary N) is 1. The molecule has 20 heavy (non-hydrogen) atoms. The molecule has 1 aliphatic heterocycles. The van der Waals surface area contributed by atoms with E-state index < -0.39 is 41.4 Å². The zero-order valence-electron chi connectivity index (χ0n) is 10.7. The second-order valence-corrected chi connectivity index (χ2v) is 4.41. The summed E-state index contributed by atoms with van der Waals surface area (Å²) in [7, 11) is 0. The Morgan fingerprint density at radius 3 is 2.40 bits per heavy atom. The average molecular weight is 280 g/mol. The maximum Gasteiger partial charge on any atom is 0.441 e. The summed E-state index contributed by atoms with van der Waals surface area (Å²) < 4.78 is 0. The number of carbonyl (C=O) groups excluding carboxylic acids is 2. The Morgan fingerprint density at radius 1 is 1.40 bits per heavy atom. The molecule has 10 nitrogen and oxygen atoms in total. The third-order valence-corrected chi connectivity index (χ3v) is 3.24. The van der Waals surface area contributed by atoms with Crippen molar-refractivity contribution in [1.82, 2.24) is 5.32 Å². The molecular weight excluding hydrogens is 268 g/mol. The lowest BCUT2D eigenvalue weighted by Gasteiger charge is -2.41. The van der Waals surface area contributed by atoms with Crippen molar-refractivity contribution in [3.05, 3.63) is 16.0 Å². The Bertz CT molecular complexity index is 560. The monoisotopic (exact) mass is 280 g/mol. The summed E-state index contributed by atoms with van der Waals surface area (Å²) in [6.45, 7) is 2.92. The maximum absolute atomic E-state index is 11.9. The van der Waals surface area contributed by atoms with E-state index in [1.807, 2.05) is 0 Å². The van der Waals surface area contributed by atoms with Crippen molar-refractivity contribution < 1.29 is 24.3 Å². The summed E-state index contributed by atoms with van der Waals surface area (Å²) in [4.78, 5) is 39.1. The van der Waals surface area contributed by atoms with Gasteiger partial charge < -0.3 is 16.0 Å². The van der Waals surface area contributed by atoms with Gasteiger partial charge in [0.05, 0.1) is 12.0 Å². The Morgan fingerprint density at radius 2 is 2.00 bits per heavy atom. The highest BCUT2D eigenvalue weighted by atomic mass is 16.4. The number of azide groups is 1. The zero-order valence-corrected chi connectivity index (χ0v) is 10.7. The van der Waals surface area contributed by atoms with Crippen LogP contribution in [-0.4, -0.2) is 45.4 Å². The molecule has 0 bridgehead atoms. The molecule has 1 saturated heterocycles. The molecular formula is C10H12N6O4. The molecule has 1 aliphatic rings. The number of carbonyl (C=O) groups is 3. The van der Waals surface area contributed by atoms with Crippen molar-refractivity contribution >= 4 is 23.4 Å². The first kappa shape index (κ1) is 15.4. The van der Waals surface area contributed by atoms with Crippen LogP contribution in [0.15, 0.2) is 5.11 Å². The third-order valence-electron chi connectivity index (χ3n) is 3.24. The van der Waals surface area contributed by atoms with E-state index in [0.29, 0.717) is 0 Å². The molecule has 2 unspecified atom stereocenters. The van der Waals surface area contributed by atoms with Crippen LogP contribution < -0.4 is 5.32 Å². The molecule has 0 saturated carbocycles. The van der Waals surface area contributed by atoms with E-state index in [1.54, 1.807) is 0 Å². The number of carboxylic acids is 1. The Labute approximate surface area is 113 Å². The van der Waals surface area contributed by atoms with Gasteiger partial charge in [-0.3, -0.25) is 9.59 Å². The van der Waals surface area contributed by atoms with Gasteiger partial charge in [-0.2, -0.15) is 4.79 Å². The summed E-state index contributed by atoms with van der Waals surface area (Å²) in [5.41, 5.74) is 15.9. The van der Waals surface area contributed by atoms with E-state index in [0.717, 1.165) is 0 Å². The lowest BCUT2D eigenvalue weighted by atomic mass is 9.76. The first-order valence-corrected chi connectivity index (χ1v) is 5.69. The fourth-order valence-electron chi connectivity index (χ4n) is 2.10. The van der Waals surface area contributed by atoms with Crippen molar-refractivity contribution in [2.24, 2.45) is 17.0 Å². The summed E-state index contributed by atoms with van der Waals surface area (Å²) in [5, 5.41) is 14.6. The number of ketones is 1. The molecule has 1 fully saturated rings. The van der Waals surface area contributed by atoms with Crippen LogP contribution in [-0.2, 0) is 14.4 Å². The first-order valence-electron chi connectivity index (χ1n) is 5.69. The Hall–Kier alpha value is -2.70. The largest absolute Gasteiger partial charge is 0.472 e. The lowest BCUT2D eigenvalue weighted by molar-refractivity contribution is -0.141. The molecule has 0 aliphatic carbocycles. The molecule has 0 aromatic carbocycles. The topological polar surface area (TPSA) is 169 Å². The van der Waals surface area contributed by atoms with Gasteiger partial charge >= 0.3 is 11.7 Å². The summed E-state index contributed by atoms with van der Waals surface area (Å²) >= 11 is 0. The van der Waals surface area contributed by atoms with Crippen LogP contribution in [0.5, 0.6) is 0 Å². The minimum Gasteiger partial charge on any atom is -0.472 e. The third kappa shape index (κ3) is 2.66. The van der Waals surface area contributed by atoms with E-state index in [2.05, 4.69) is 20.1 Å². The lowest BCUT2D eigenvalue weighted by Crippen LogP contribution is -2.65. The predicted octanol–water partition coefficient (Wildman–Crippen LogP) is -0.240. The molecule has 2 N–H and O–H groups in total. The number of hydrogen-bond donors (Lipinski definition) is 2. The normalized spacial score (nSPS) is 23.2. The van der Waals surface area contributed by atoms with Gasteiger partial charge in [-0.15, -0.1) is 0 Å². The summed E-state index contributed by atoms with van der Waals surface area (Å²) in [5.74, 6) is -4.60. The van der Waals surface area contributed by atoms with Gasteiger partial charge in [0.15, 0.2) is 0 Å². The molecule has 4 atom stereocenters. The number of carboxylic acid groups (broad SMARTS) is 1. The van der Waals surface area contributed by atoms with Crippen molar-refractivity contribution in [2.45, 2.75) is 25.9 Å². The van der Waals surface area contributed by atoms with E-state index in [1.165, 1.54) is 13.8 Å². The van der Waals surface area contributed by atoms with Crippen LogP contribution in [0.3, 0.4) is 0 Å². The fraction of sp³-hybridized carbons (Fsp3) is 0.600. The molecule has 0 aromatic heterocycles. The second-order valence-electron chi connectivity index (χ2n) is 4.41. The van der Waals surface area contributed by atoms with Gasteiger partial charge in [-0.1, -0.05) is 19.0 Å². The number of nitrogens with zero attached hydrogens (tertiary/aromatic N) is 5. The van der Waals surface area contributed by atoms with Crippen LogP contribution in [0.4, 0.5) is 0 Å². The maximum atomic E-state index is 11.9. The average Bonchev–Trinajstić information content (AvgIpc) is 2.35. The molecule has 1 rings (SSSR count). The molecule has 0 spiro atoms. The number of Topliss-reactive ketones (excluding diaryl/α,β-unsaturated/α-hetero) is 1. The summed E-state index contributed by atoms with van der Waals surface area (Å²) in [6, 6.07) is -1.35. The summed E-state index contributed by atoms with van der Waals surface area (Å²) in [6.07, 6.45) is 0. The highest BCUT2D eigenvalue weighted by Crippen LogP contribution is 2.27. The van der Waals surface area contributed by atoms with Crippen LogP contribution >= 0.6 is 0 Å². The number of amides is 1. The standard InChI is InChI=1S/C10H12N6O4/c1-3(8(17)7(14-11)10(19)20)6-5(9(18)13-6)4(2)15-16-12/h3-6H,1-2H3,(H,13,18)(H,19,20)/t3-,4-,5?,6?/m1/s1. The molecule has 0 radical (unpaired) electrons. The van der Waals surface area contributed by atoms with Crippen molar-refractivity contribution in [3.63, 3.8) is 0 Å². The van der Waals surface area contributed by atoms with E-state index in [-0.39, 0.29) is 5.91 Å². The number of aliphatic carboxylic acids is 1.